The molecular formula is C37H48N5O11P. The summed E-state index contributed by atoms with van der Waals surface area (Å²) in [6, 6.07) is 13.8. The number of para-hydroxylation sites is 1. The summed E-state index contributed by atoms with van der Waals surface area (Å²) in [5, 5.41) is 18.0. The Morgan fingerprint density at radius 2 is 1.67 bits per heavy atom. The van der Waals surface area contributed by atoms with E-state index in [4.69, 9.17) is 38.5 Å². The Morgan fingerprint density at radius 3 is 2.30 bits per heavy atom. The maximum Gasteiger partial charge on any atom is 0.459 e. The van der Waals surface area contributed by atoms with Crippen molar-refractivity contribution in [2.75, 3.05) is 25.6 Å². The first-order valence-corrected chi connectivity index (χ1v) is 19.2. The summed E-state index contributed by atoms with van der Waals surface area (Å²) in [4.78, 5) is 40.3. The third-order valence-corrected chi connectivity index (χ3v) is 10.4. The highest BCUT2D eigenvalue weighted by Crippen LogP contribution is 2.50. The van der Waals surface area contributed by atoms with Gasteiger partial charge in [-0.05, 0) is 78.8 Å². The molecule has 2 aromatic heterocycles. The molecule has 2 aliphatic heterocycles. The monoisotopic (exact) mass is 769 g/mol. The molecule has 1 aromatic carbocycles. The second kappa shape index (κ2) is 16.1. The molecule has 0 radical (unpaired) electrons. The molecule has 0 spiro atoms. The number of esters is 3. The van der Waals surface area contributed by atoms with Crippen LogP contribution in [0.15, 0.2) is 54.7 Å². The number of nitrogens with zero attached hydrogens (tertiary/aromatic N) is 3. The lowest BCUT2D eigenvalue weighted by Gasteiger charge is -2.32. The van der Waals surface area contributed by atoms with Gasteiger partial charge in [0.25, 0.3) is 0 Å². The molecule has 1 unspecified atom stereocenters. The molecule has 2 saturated heterocycles. The van der Waals surface area contributed by atoms with E-state index in [0.717, 1.165) is 0 Å². The van der Waals surface area contributed by atoms with E-state index in [0.29, 0.717) is 43.0 Å². The number of hydrogen-bond acceptors (Lipinski definition) is 14. The molecule has 6 atom stereocenters. The quantitative estimate of drug-likeness (QED) is 0.140. The Hall–Kier alpha value is -4.52. The van der Waals surface area contributed by atoms with Gasteiger partial charge >= 0.3 is 25.7 Å². The van der Waals surface area contributed by atoms with Gasteiger partial charge in [0.1, 0.15) is 36.7 Å². The molecule has 5 rings (SSSR count). The number of carbonyl (C=O) groups excluding carboxylic acids is 3. The zero-order valence-electron chi connectivity index (χ0n) is 31.5. The van der Waals surface area contributed by atoms with Gasteiger partial charge in [0, 0.05) is 19.0 Å². The highest BCUT2D eigenvalue weighted by Gasteiger charge is 2.63. The van der Waals surface area contributed by atoms with Crippen molar-refractivity contribution >= 4 is 36.9 Å². The summed E-state index contributed by atoms with van der Waals surface area (Å²) in [6.45, 7) is 11.2. The van der Waals surface area contributed by atoms with E-state index in [9.17, 15) is 24.2 Å². The van der Waals surface area contributed by atoms with Gasteiger partial charge in [-0.25, -0.2) is 9.08 Å². The third kappa shape index (κ3) is 9.22. The number of nitriles is 1. The van der Waals surface area contributed by atoms with E-state index in [1.165, 1.54) is 29.8 Å². The number of carbonyl (C=O) groups is 3. The van der Waals surface area contributed by atoms with Crippen LogP contribution >= 0.6 is 7.75 Å². The molecule has 16 nitrogen and oxygen atoms in total. The van der Waals surface area contributed by atoms with Crippen LogP contribution in [0.25, 0.3) is 5.52 Å². The standard InChI is InChI=1S/C37H48N5O11P/c1-23(32(43)49-24-16-19-47-20-17-24)41-54(46,53-25-11-9-8-10-12-25)48-22-37(21-38)31(51-34(45)36(5,6)7)30(50-33(44)35(2,3)4)29(52-37)28-14-13-27-26(39)15-18-40-42(27)28/h8-15,18,23-24,29-31H,16-17,19-20,22,39H2,1-7H3,(H,41,46)/t23-,29-,30-,31-,37+,54?/m0/s1. The van der Waals surface area contributed by atoms with Crippen LogP contribution in [0.3, 0.4) is 0 Å². The van der Waals surface area contributed by atoms with Gasteiger partial charge in [-0.1, -0.05) is 18.2 Å². The molecule has 4 heterocycles. The number of ether oxygens (including phenoxy) is 5. The minimum absolute atomic E-state index is 0.116. The fraction of sp³-hybridized carbons (Fsp3) is 0.541. The maximum absolute atomic E-state index is 14.6. The molecule has 292 valence electrons. The van der Waals surface area contributed by atoms with Crippen molar-refractivity contribution in [3.8, 4) is 11.8 Å². The van der Waals surface area contributed by atoms with Crippen molar-refractivity contribution in [2.45, 2.75) is 97.4 Å². The molecule has 3 aromatic rings. The van der Waals surface area contributed by atoms with Gasteiger partial charge in [-0.15, -0.1) is 0 Å². The zero-order valence-corrected chi connectivity index (χ0v) is 32.4. The van der Waals surface area contributed by atoms with E-state index in [-0.39, 0.29) is 5.75 Å². The number of fused-ring (bicyclic) bond motifs is 1. The minimum Gasteiger partial charge on any atom is -0.461 e. The highest BCUT2D eigenvalue weighted by molar-refractivity contribution is 7.52. The molecule has 54 heavy (non-hydrogen) atoms. The predicted molar refractivity (Wildman–Crippen MR) is 194 cm³/mol. The molecule has 0 amide bonds. The van der Waals surface area contributed by atoms with Crippen LogP contribution in [0.4, 0.5) is 5.69 Å². The number of hydrogen-bond donors (Lipinski definition) is 2. The first-order valence-electron chi connectivity index (χ1n) is 17.6. The zero-order chi connectivity index (χ0) is 39.5. The van der Waals surface area contributed by atoms with Crippen LogP contribution in [0, 0.1) is 22.2 Å². The maximum atomic E-state index is 14.6. The Morgan fingerprint density at radius 1 is 1.02 bits per heavy atom. The molecule has 0 saturated carbocycles. The molecule has 3 N–H and O–H groups in total. The van der Waals surface area contributed by atoms with Crippen LogP contribution in [0.1, 0.15) is 73.1 Å². The molecule has 2 fully saturated rings. The third-order valence-electron chi connectivity index (χ3n) is 8.77. The smallest absolute Gasteiger partial charge is 0.459 e. The number of nitrogens with one attached hydrogen (secondary N) is 1. The van der Waals surface area contributed by atoms with Gasteiger partial charge < -0.3 is 33.9 Å². The molecular weight excluding hydrogens is 721 g/mol. The summed E-state index contributed by atoms with van der Waals surface area (Å²) in [5.74, 6) is -2.03. The number of rotatable bonds is 12. The lowest BCUT2D eigenvalue weighted by Crippen LogP contribution is -2.51. The molecule has 0 aliphatic carbocycles. The fourth-order valence-electron chi connectivity index (χ4n) is 5.64. The fourth-order valence-corrected chi connectivity index (χ4v) is 7.16. The van der Waals surface area contributed by atoms with Gasteiger partial charge in [0.05, 0.1) is 40.9 Å². The second-order valence-electron chi connectivity index (χ2n) is 15.4. The predicted octanol–water partition coefficient (Wildman–Crippen LogP) is 5.07. The highest BCUT2D eigenvalue weighted by atomic mass is 31.2. The Labute approximate surface area is 314 Å². The summed E-state index contributed by atoms with van der Waals surface area (Å²) >= 11 is 0. The van der Waals surface area contributed by atoms with Crippen molar-refractivity contribution in [2.24, 2.45) is 10.8 Å². The number of aromatic nitrogens is 2. The second-order valence-corrected chi connectivity index (χ2v) is 17.0. The number of benzene rings is 1. The first-order chi connectivity index (χ1) is 25.4. The summed E-state index contributed by atoms with van der Waals surface area (Å²) in [7, 11) is -4.59. The topological polar surface area (TPSA) is 212 Å². The Bertz CT molecular complexity index is 1910. The molecule has 17 heteroatoms. The minimum atomic E-state index is -4.59. The van der Waals surface area contributed by atoms with Crippen LogP contribution in [0.2, 0.25) is 0 Å². The lowest BCUT2D eigenvalue weighted by atomic mass is 9.92. The normalized spacial score (nSPS) is 23.9. The summed E-state index contributed by atoms with van der Waals surface area (Å²) in [6.07, 6.45) is -2.29. The van der Waals surface area contributed by atoms with Gasteiger partial charge in [0.15, 0.2) is 12.2 Å². The van der Waals surface area contributed by atoms with E-state index in [2.05, 4.69) is 16.3 Å². The molecule has 2 aliphatic rings. The first kappa shape index (κ1) is 40.7. The number of nitrogen functional groups attached to an aromatic ring is 1. The average Bonchev–Trinajstić information content (AvgIpc) is 3.67. The van der Waals surface area contributed by atoms with Crippen molar-refractivity contribution in [1.29, 1.82) is 5.26 Å². The number of nitrogens with two attached hydrogens (primary N) is 1. The van der Waals surface area contributed by atoms with E-state index in [1.54, 1.807) is 77.9 Å². The van der Waals surface area contributed by atoms with Crippen LogP contribution < -0.4 is 15.3 Å². The summed E-state index contributed by atoms with van der Waals surface area (Å²) < 4.78 is 57.5. The van der Waals surface area contributed by atoms with Crippen molar-refractivity contribution in [3.05, 3.63) is 60.4 Å². The number of anilines is 1. The van der Waals surface area contributed by atoms with Crippen LogP contribution in [-0.4, -0.2) is 77.3 Å². The van der Waals surface area contributed by atoms with Gasteiger partial charge in [-0.3, -0.25) is 18.9 Å². The van der Waals surface area contributed by atoms with E-state index >= 15 is 0 Å². The van der Waals surface area contributed by atoms with Crippen LogP contribution in [-0.2, 0) is 47.2 Å². The molecule has 0 bridgehead atoms. The van der Waals surface area contributed by atoms with Gasteiger partial charge in [0.2, 0.25) is 5.60 Å². The Kier molecular flexibility index (Phi) is 12.1. The SMILES string of the molecule is C[C@H](NP(=O)(OC[C@@]1(C#N)O[C@@H](c2ccc3c(N)ccnn23)[C@H](OC(=O)C(C)(C)C)[C@@H]1OC(=O)C(C)(C)C)Oc1ccccc1)C(=O)OC1CCOCC1. The van der Waals surface area contributed by atoms with Crippen molar-refractivity contribution in [1.82, 2.24) is 14.7 Å². The van der Waals surface area contributed by atoms with Gasteiger partial charge in [-0.2, -0.15) is 15.4 Å². The van der Waals surface area contributed by atoms with Crippen molar-refractivity contribution in [3.63, 3.8) is 0 Å². The Balaban J connectivity index is 1.55. The average molecular weight is 770 g/mol. The lowest BCUT2D eigenvalue weighted by molar-refractivity contribution is -0.179. The largest absolute Gasteiger partial charge is 0.461 e. The van der Waals surface area contributed by atoms with Crippen LogP contribution in [0.5, 0.6) is 5.75 Å². The van der Waals surface area contributed by atoms with E-state index in [1.807, 2.05) is 0 Å². The van der Waals surface area contributed by atoms with Crippen molar-refractivity contribution < 1.29 is 51.7 Å². The van der Waals surface area contributed by atoms with E-state index < -0.39 is 79.2 Å². The summed E-state index contributed by atoms with van der Waals surface area (Å²) in [5.41, 5.74) is 3.03.